The number of carbonyl (C=O) groups excluding carboxylic acids is 1. The van der Waals surface area contributed by atoms with E-state index >= 15 is 0 Å². The van der Waals surface area contributed by atoms with E-state index in [4.69, 9.17) is 0 Å². The van der Waals surface area contributed by atoms with Crippen molar-refractivity contribution in [2.45, 2.75) is 32.4 Å². The summed E-state index contributed by atoms with van der Waals surface area (Å²) in [5.41, 5.74) is 0.507. The largest absolute Gasteiger partial charge is 0.508 e. The first-order valence-corrected chi connectivity index (χ1v) is 8.15. The molecule has 26 heavy (non-hydrogen) atoms. The summed E-state index contributed by atoms with van der Waals surface area (Å²) < 4.78 is 0. The maximum atomic E-state index is 12.3. The van der Waals surface area contributed by atoms with Gasteiger partial charge in [-0.3, -0.25) is 4.79 Å². The predicted molar refractivity (Wildman–Crippen MR) is 98.5 cm³/mol. The van der Waals surface area contributed by atoms with Gasteiger partial charge in [-0.15, -0.1) is 0 Å². The lowest BCUT2D eigenvalue weighted by Crippen LogP contribution is -2.38. The SMILES string of the molecule is CC(C)(C)NCC(O)c1ccc(O)c(NC(=O)c2cc(O)cc(O)c2)c1. The first kappa shape index (κ1) is 19.6. The fourth-order valence-electron chi connectivity index (χ4n) is 2.30. The summed E-state index contributed by atoms with van der Waals surface area (Å²) in [4.78, 5) is 12.3. The smallest absolute Gasteiger partial charge is 0.256 e. The molecule has 6 N–H and O–H groups in total. The Balaban J connectivity index is 2.17. The molecular formula is C19H24N2O5. The molecule has 0 radical (unpaired) electrons. The summed E-state index contributed by atoms with van der Waals surface area (Å²) >= 11 is 0. The van der Waals surface area contributed by atoms with Crippen molar-refractivity contribution in [3.63, 3.8) is 0 Å². The Morgan fingerprint density at radius 3 is 2.23 bits per heavy atom. The van der Waals surface area contributed by atoms with Gasteiger partial charge in [0.05, 0.1) is 11.8 Å². The van der Waals surface area contributed by atoms with Gasteiger partial charge in [0.1, 0.15) is 17.2 Å². The minimum absolute atomic E-state index is 0.0299. The number of anilines is 1. The van der Waals surface area contributed by atoms with E-state index in [0.29, 0.717) is 12.1 Å². The van der Waals surface area contributed by atoms with E-state index in [9.17, 15) is 25.2 Å². The molecule has 0 saturated carbocycles. The number of carbonyl (C=O) groups is 1. The van der Waals surface area contributed by atoms with E-state index in [1.54, 1.807) is 6.07 Å². The van der Waals surface area contributed by atoms with Gasteiger partial charge in [0, 0.05) is 23.7 Å². The number of phenols is 3. The predicted octanol–water partition coefficient (Wildman–Crippen LogP) is 2.48. The van der Waals surface area contributed by atoms with Crippen molar-refractivity contribution in [2.24, 2.45) is 0 Å². The average molecular weight is 360 g/mol. The maximum absolute atomic E-state index is 12.3. The minimum atomic E-state index is -0.824. The number of aromatic hydroxyl groups is 3. The van der Waals surface area contributed by atoms with Gasteiger partial charge < -0.3 is 31.1 Å². The molecule has 0 saturated heterocycles. The minimum Gasteiger partial charge on any atom is -0.508 e. The number of amides is 1. The third-order valence-corrected chi connectivity index (χ3v) is 3.64. The number of β-amino-alcohol motifs (C(OH)–C–C–N with tert-alkyl or cyclic N) is 1. The van der Waals surface area contributed by atoms with Crippen molar-refractivity contribution in [1.29, 1.82) is 0 Å². The van der Waals surface area contributed by atoms with E-state index in [2.05, 4.69) is 10.6 Å². The van der Waals surface area contributed by atoms with Crippen LogP contribution in [0, 0.1) is 0 Å². The van der Waals surface area contributed by atoms with Crippen LogP contribution in [0.2, 0.25) is 0 Å². The Kier molecular flexibility index (Phi) is 5.74. The van der Waals surface area contributed by atoms with Crippen LogP contribution in [0.4, 0.5) is 5.69 Å². The van der Waals surface area contributed by atoms with Crippen molar-refractivity contribution in [3.05, 3.63) is 47.5 Å². The van der Waals surface area contributed by atoms with Gasteiger partial charge in [0.25, 0.3) is 5.91 Å². The molecule has 140 valence electrons. The lowest BCUT2D eigenvalue weighted by atomic mass is 10.0. The molecule has 2 aromatic rings. The topological polar surface area (TPSA) is 122 Å². The lowest BCUT2D eigenvalue weighted by Gasteiger charge is -2.23. The van der Waals surface area contributed by atoms with Gasteiger partial charge in [-0.05, 0) is 50.6 Å². The average Bonchev–Trinajstić information content (AvgIpc) is 2.53. The Hall–Kier alpha value is -2.77. The number of hydrogen-bond donors (Lipinski definition) is 6. The molecular weight excluding hydrogens is 336 g/mol. The molecule has 1 atom stereocenters. The fraction of sp³-hybridized carbons (Fsp3) is 0.316. The van der Waals surface area contributed by atoms with Crippen molar-refractivity contribution in [3.8, 4) is 17.2 Å². The zero-order valence-corrected chi connectivity index (χ0v) is 14.9. The highest BCUT2D eigenvalue weighted by Crippen LogP contribution is 2.28. The van der Waals surface area contributed by atoms with Crippen LogP contribution in [0.1, 0.15) is 42.8 Å². The number of rotatable bonds is 5. The maximum Gasteiger partial charge on any atom is 0.256 e. The highest BCUT2D eigenvalue weighted by molar-refractivity contribution is 6.05. The van der Waals surface area contributed by atoms with Gasteiger partial charge >= 0.3 is 0 Å². The Labute approximate surface area is 151 Å². The second kappa shape index (κ2) is 7.63. The van der Waals surface area contributed by atoms with Crippen LogP contribution in [-0.4, -0.2) is 38.4 Å². The fourth-order valence-corrected chi connectivity index (χ4v) is 2.30. The number of aliphatic hydroxyl groups excluding tert-OH is 1. The number of aliphatic hydroxyl groups is 1. The van der Waals surface area contributed by atoms with Gasteiger partial charge in [-0.2, -0.15) is 0 Å². The van der Waals surface area contributed by atoms with Crippen LogP contribution < -0.4 is 10.6 Å². The highest BCUT2D eigenvalue weighted by atomic mass is 16.3. The summed E-state index contributed by atoms with van der Waals surface area (Å²) in [5, 5.41) is 44.9. The van der Waals surface area contributed by atoms with Gasteiger partial charge in [-0.25, -0.2) is 0 Å². The van der Waals surface area contributed by atoms with E-state index in [-0.39, 0.29) is 34.0 Å². The zero-order chi connectivity index (χ0) is 19.5. The molecule has 0 spiro atoms. The molecule has 0 bridgehead atoms. The second-order valence-electron chi connectivity index (χ2n) is 7.12. The van der Waals surface area contributed by atoms with Crippen molar-refractivity contribution < 1.29 is 25.2 Å². The van der Waals surface area contributed by atoms with E-state index in [1.807, 2.05) is 20.8 Å². The Bertz CT molecular complexity index is 779. The molecule has 1 unspecified atom stereocenters. The number of hydrogen-bond acceptors (Lipinski definition) is 6. The summed E-state index contributed by atoms with van der Waals surface area (Å²) in [6, 6.07) is 7.92. The van der Waals surface area contributed by atoms with Crippen molar-refractivity contribution >= 4 is 11.6 Å². The second-order valence-corrected chi connectivity index (χ2v) is 7.12. The zero-order valence-electron chi connectivity index (χ0n) is 14.9. The van der Waals surface area contributed by atoms with Crippen molar-refractivity contribution in [2.75, 3.05) is 11.9 Å². The van der Waals surface area contributed by atoms with Gasteiger partial charge in [0.2, 0.25) is 0 Å². The molecule has 0 aliphatic carbocycles. The first-order chi connectivity index (χ1) is 12.0. The molecule has 0 heterocycles. The molecule has 1 amide bonds. The van der Waals surface area contributed by atoms with Crippen LogP contribution in [0.25, 0.3) is 0 Å². The highest BCUT2D eigenvalue weighted by Gasteiger charge is 2.16. The summed E-state index contributed by atoms with van der Waals surface area (Å²) in [5.74, 6) is -1.29. The number of nitrogens with one attached hydrogen (secondary N) is 2. The first-order valence-electron chi connectivity index (χ1n) is 8.15. The Morgan fingerprint density at radius 1 is 1.04 bits per heavy atom. The quantitative estimate of drug-likeness (QED) is 0.456. The molecule has 0 aliphatic rings. The molecule has 2 rings (SSSR count). The number of benzene rings is 2. The number of phenolic OH excluding ortho intramolecular Hbond substituents is 3. The van der Waals surface area contributed by atoms with Gasteiger partial charge in [-0.1, -0.05) is 6.07 Å². The van der Waals surface area contributed by atoms with Crippen LogP contribution in [0.3, 0.4) is 0 Å². The summed E-state index contributed by atoms with van der Waals surface area (Å²) in [6.45, 7) is 6.24. The molecule has 2 aromatic carbocycles. The van der Waals surface area contributed by atoms with Gasteiger partial charge in [0.15, 0.2) is 0 Å². The molecule has 0 aliphatic heterocycles. The summed E-state index contributed by atoms with van der Waals surface area (Å²) in [7, 11) is 0. The molecule has 7 nitrogen and oxygen atoms in total. The molecule has 0 aromatic heterocycles. The lowest BCUT2D eigenvalue weighted by molar-refractivity contribution is 0.102. The Morgan fingerprint density at radius 2 is 1.65 bits per heavy atom. The van der Waals surface area contributed by atoms with Crippen LogP contribution in [-0.2, 0) is 0 Å². The molecule has 0 fully saturated rings. The van der Waals surface area contributed by atoms with Crippen LogP contribution in [0.5, 0.6) is 17.2 Å². The standard InChI is InChI=1S/C19H24N2O5/c1-19(2,3)20-10-17(25)11-4-5-16(24)15(8-11)21-18(26)12-6-13(22)9-14(23)7-12/h4-9,17,20,22-25H,10H2,1-3H3,(H,21,26). The van der Waals surface area contributed by atoms with Crippen molar-refractivity contribution in [1.82, 2.24) is 5.32 Å². The van der Waals surface area contributed by atoms with E-state index in [0.717, 1.165) is 6.07 Å². The molecule has 7 heteroatoms. The van der Waals surface area contributed by atoms with Crippen LogP contribution in [0.15, 0.2) is 36.4 Å². The van der Waals surface area contributed by atoms with E-state index in [1.165, 1.54) is 24.3 Å². The van der Waals surface area contributed by atoms with Crippen LogP contribution >= 0.6 is 0 Å². The third kappa shape index (κ3) is 5.37. The van der Waals surface area contributed by atoms with E-state index < -0.39 is 12.0 Å². The summed E-state index contributed by atoms with van der Waals surface area (Å²) in [6.07, 6.45) is -0.824. The normalized spacial score (nSPS) is 12.6. The third-order valence-electron chi connectivity index (χ3n) is 3.64. The monoisotopic (exact) mass is 360 g/mol.